The van der Waals surface area contributed by atoms with Gasteiger partial charge in [0.15, 0.2) is 5.69 Å². The number of nitrogens with zero attached hydrogens (tertiary/aromatic N) is 7. The molecular formula is C17H20ClN9O2. The highest BCUT2D eigenvalue weighted by Gasteiger charge is 2.24. The van der Waals surface area contributed by atoms with Crippen LogP contribution in [-0.2, 0) is 6.54 Å². The van der Waals surface area contributed by atoms with Crippen molar-refractivity contribution in [3.05, 3.63) is 46.2 Å². The molecule has 1 aromatic carbocycles. The van der Waals surface area contributed by atoms with Crippen molar-refractivity contribution in [2.24, 2.45) is 5.10 Å². The van der Waals surface area contributed by atoms with Crippen LogP contribution < -0.4 is 11.2 Å². The molecule has 2 heterocycles. The summed E-state index contributed by atoms with van der Waals surface area (Å²) in [6.45, 7) is 5.95. The molecule has 0 bridgehead atoms. The summed E-state index contributed by atoms with van der Waals surface area (Å²) in [5.74, 6) is -0.311. The molecule has 0 fully saturated rings. The molecule has 0 aliphatic carbocycles. The Hall–Kier alpha value is -3.31. The minimum Gasteiger partial charge on any atom is -0.378 e. The van der Waals surface area contributed by atoms with Gasteiger partial charge >= 0.3 is 0 Å². The maximum atomic E-state index is 12.7. The molecule has 3 N–H and O–H groups in total. The van der Waals surface area contributed by atoms with Gasteiger partial charge in [-0.25, -0.2) is 10.1 Å². The Kier molecular flexibility index (Phi) is 6.52. The van der Waals surface area contributed by atoms with Gasteiger partial charge in [-0.1, -0.05) is 42.8 Å². The van der Waals surface area contributed by atoms with Gasteiger partial charge in [-0.2, -0.15) is 9.78 Å². The summed E-state index contributed by atoms with van der Waals surface area (Å²) in [5, 5.41) is 19.8. The zero-order valence-corrected chi connectivity index (χ0v) is 16.7. The van der Waals surface area contributed by atoms with Crippen LogP contribution >= 0.6 is 11.6 Å². The summed E-state index contributed by atoms with van der Waals surface area (Å²) in [5.41, 5.74) is 9.56. The molecule has 11 nitrogen and oxygen atoms in total. The molecule has 0 aliphatic heterocycles. The number of hydrazone groups is 1. The number of amides is 1. The Labute approximate surface area is 171 Å². The predicted molar refractivity (Wildman–Crippen MR) is 107 cm³/mol. The molecule has 0 radical (unpaired) electrons. The number of nitrogens with two attached hydrogens (primary N) is 1. The highest BCUT2D eigenvalue weighted by Crippen LogP contribution is 2.17. The number of carbonyl (C=O) groups excluding carboxylic acids is 1. The second kappa shape index (κ2) is 9.26. The van der Waals surface area contributed by atoms with Crippen molar-refractivity contribution in [1.82, 2.24) is 35.6 Å². The van der Waals surface area contributed by atoms with E-state index >= 15 is 0 Å². The lowest BCUT2D eigenvalue weighted by Crippen LogP contribution is -2.27. The van der Waals surface area contributed by atoms with Crippen LogP contribution in [0.2, 0.25) is 5.02 Å². The number of halogens is 1. The molecule has 0 saturated carbocycles. The molecular weight excluding hydrogens is 398 g/mol. The van der Waals surface area contributed by atoms with Crippen LogP contribution in [0.15, 0.2) is 34.0 Å². The Morgan fingerprint density at radius 1 is 1.38 bits per heavy atom. The van der Waals surface area contributed by atoms with E-state index in [1.54, 1.807) is 18.2 Å². The third-order valence-electron chi connectivity index (χ3n) is 4.17. The summed E-state index contributed by atoms with van der Waals surface area (Å²) in [6.07, 6.45) is 1.48. The number of hydrogen-bond donors (Lipinski definition) is 2. The van der Waals surface area contributed by atoms with Crippen molar-refractivity contribution >= 4 is 29.5 Å². The number of anilines is 1. The molecule has 3 rings (SSSR count). The van der Waals surface area contributed by atoms with E-state index in [-0.39, 0.29) is 17.3 Å². The fraction of sp³-hybridized carbons (Fsp3) is 0.294. The predicted octanol–water partition coefficient (Wildman–Crippen LogP) is 1.49. The average molecular weight is 418 g/mol. The molecule has 0 unspecified atom stereocenters. The Balaban J connectivity index is 1.86. The first-order chi connectivity index (χ1) is 14.0. The van der Waals surface area contributed by atoms with E-state index in [1.807, 2.05) is 19.9 Å². The van der Waals surface area contributed by atoms with Gasteiger partial charge in [0.05, 0.1) is 11.9 Å². The molecule has 0 atom stereocenters. The van der Waals surface area contributed by atoms with Crippen LogP contribution in [0, 0.1) is 0 Å². The Morgan fingerprint density at radius 2 is 2.17 bits per heavy atom. The maximum Gasteiger partial charge on any atom is 0.293 e. The first-order valence-electron chi connectivity index (χ1n) is 8.87. The summed E-state index contributed by atoms with van der Waals surface area (Å²) in [4.78, 5) is 14.8. The summed E-state index contributed by atoms with van der Waals surface area (Å²) in [6, 6.07) is 7.07. The van der Waals surface area contributed by atoms with E-state index in [9.17, 15) is 4.79 Å². The second-order valence-electron chi connectivity index (χ2n) is 5.99. The van der Waals surface area contributed by atoms with Crippen molar-refractivity contribution in [3.8, 4) is 5.82 Å². The minimum absolute atomic E-state index is 0.0432. The van der Waals surface area contributed by atoms with Gasteiger partial charge in [-0.3, -0.25) is 9.69 Å². The fourth-order valence-electron chi connectivity index (χ4n) is 2.59. The van der Waals surface area contributed by atoms with E-state index in [4.69, 9.17) is 17.3 Å². The Bertz CT molecular complexity index is 1010. The number of nitrogens with one attached hydrogen (secondary N) is 1. The topological polar surface area (TPSA) is 140 Å². The van der Waals surface area contributed by atoms with Crippen LogP contribution in [-0.4, -0.2) is 55.4 Å². The van der Waals surface area contributed by atoms with E-state index in [1.165, 1.54) is 10.9 Å². The number of benzene rings is 1. The average Bonchev–Trinajstić information content (AvgIpc) is 3.31. The van der Waals surface area contributed by atoms with Gasteiger partial charge in [0.25, 0.3) is 5.91 Å². The van der Waals surface area contributed by atoms with E-state index in [0.717, 1.165) is 18.7 Å². The fourth-order valence-corrected chi connectivity index (χ4v) is 2.79. The molecule has 12 heteroatoms. The molecule has 0 aliphatic rings. The zero-order valence-electron chi connectivity index (χ0n) is 15.9. The number of aromatic nitrogens is 5. The second-order valence-corrected chi connectivity index (χ2v) is 6.42. The first kappa shape index (κ1) is 20.4. The van der Waals surface area contributed by atoms with E-state index < -0.39 is 5.91 Å². The normalized spacial score (nSPS) is 11.4. The quantitative estimate of drug-likeness (QED) is 0.415. The monoisotopic (exact) mass is 417 g/mol. The molecule has 152 valence electrons. The molecule has 0 spiro atoms. The van der Waals surface area contributed by atoms with E-state index in [2.05, 4.69) is 40.7 Å². The van der Waals surface area contributed by atoms with Gasteiger partial charge in [0.1, 0.15) is 0 Å². The summed E-state index contributed by atoms with van der Waals surface area (Å²) in [7, 11) is 0. The van der Waals surface area contributed by atoms with Crippen molar-refractivity contribution in [2.75, 3.05) is 18.8 Å². The lowest BCUT2D eigenvalue weighted by atomic mass is 10.2. The lowest BCUT2D eigenvalue weighted by Gasteiger charge is -2.18. The SMILES string of the molecule is CCN(CC)Cc1c(C(=O)N/N=C\c2cccc(Cl)c2)nnn1-c1nonc1N. The summed E-state index contributed by atoms with van der Waals surface area (Å²) >= 11 is 5.94. The van der Waals surface area contributed by atoms with Gasteiger partial charge in [-0.05, 0) is 41.1 Å². The van der Waals surface area contributed by atoms with Gasteiger partial charge in [0, 0.05) is 11.6 Å². The first-order valence-corrected chi connectivity index (χ1v) is 9.25. The van der Waals surface area contributed by atoms with Crippen LogP contribution in [0.5, 0.6) is 0 Å². The highest BCUT2D eigenvalue weighted by molar-refractivity contribution is 6.30. The van der Waals surface area contributed by atoms with Crippen LogP contribution in [0.4, 0.5) is 5.82 Å². The van der Waals surface area contributed by atoms with Crippen LogP contribution in [0.25, 0.3) is 5.82 Å². The van der Waals surface area contributed by atoms with Crippen molar-refractivity contribution < 1.29 is 9.42 Å². The third-order valence-corrected chi connectivity index (χ3v) is 4.41. The van der Waals surface area contributed by atoms with Crippen LogP contribution in [0.1, 0.15) is 35.6 Å². The largest absolute Gasteiger partial charge is 0.378 e. The number of rotatable bonds is 8. The standard InChI is InChI=1S/C17H20ClN9O2/c1-3-26(4-2)10-13-14(21-25-27(13)16-15(19)23-29-24-16)17(28)22-20-9-11-6-5-7-12(18)8-11/h5-9H,3-4,10H2,1-2H3,(H2,19,23)(H,22,28)/b20-9-. The van der Waals surface area contributed by atoms with Gasteiger partial charge < -0.3 is 5.73 Å². The highest BCUT2D eigenvalue weighted by atomic mass is 35.5. The number of nitrogen functional groups attached to an aromatic ring is 1. The smallest absolute Gasteiger partial charge is 0.293 e. The number of carbonyl (C=O) groups is 1. The van der Waals surface area contributed by atoms with Crippen molar-refractivity contribution in [1.29, 1.82) is 0 Å². The Morgan fingerprint density at radius 3 is 2.83 bits per heavy atom. The molecule has 0 saturated heterocycles. The van der Waals surface area contributed by atoms with Crippen molar-refractivity contribution in [2.45, 2.75) is 20.4 Å². The number of hydrogen-bond acceptors (Lipinski definition) is 9. The van der Waals surface area contributed by atoms with Gasteiger partial charge in [-0.15, -0.1) is 5.10 Å². The van der Waals surface area contributed by atoms with Crippen molar-refractivity contribution in [3.63, 3.8) is 0 Å². The molecule has 1 amide bonds. The minimum atomic E-state index is -0.522. The van der Waals surface area contributed by atoms with Crippen LogP contribution in [0.3, 0.4) is 0 Å². The zero-order chi connectivity index (χ0) is 20.8. The molecule has 3 aromatic rings. The third kappa shape index (κ3) is 4.76. The maximum absolute atomic E-state index is 12.7. The van der Waals surface area contributed by atoms with Gasteiger partial charge in [0.2, 0.25) is 11.6 Å². The lowest BCUT2D eigenvalue weighted by molar-refractivity contribution is 0.0948. The van der Waals surface area contributed by atoms with E-state index in [0.29, 0.717) is 17.3 Å². The molecule has 29 heavy (non-hydrogen) atoms. The summed E-state index contributed by atoms with van der Waals surface area (Å²) < 4.78 is 5.99. The molecule has 2 aromatic heterocycles.